The molecule has 7 heteroatoms. The van der Waals surface area contributed by atoms with Gasteiger partial charge in [0.2, 0.25) is 5.76 Å². The van der Waals surface area contributed by atoms with Gasteiger partial charge in [-0.2, -0.15) is 0 Å². The number of rotatable bonds is 7. The molecule has 2 aromatic carbocycles. The van der Waals surface area contributed by atoms with Gasteiger partial charge in [0.25, 0.3) is 5.91 Å². The van der Waals surface area contributed by atoms with E-state index in [1.807, 2.05) is 19.1 Å². The van der Waals surface area contributed by atoms with Crippen LogP contribution in [0.25, 0.3) is 0 Å². The first kappa shape index (κ1) is 20.0. The minimum Gasteiger partial charge on any atom is -0.495 e. The molecule has 0 spiro atoms. The Morgan fingerprint density at radius 2 is 1.79 bits per heavy atom. The van der Waals surface area contributed by atoms with Crippen LogP contribution in [0.3, 0.4) is 0 Å². The fourth-order valence-corrected chi connectivity index (χ4v) is 2.75. The molecule has 150 valence electrons. The minimum atomic E-state index is -1.13. The Kier molecular flexibility index (Phi) is 5.87. The molecule has 1 heterocycles. The van der Waals surface area contributed by atoms with Gasteiger partial charge in [-0.1, -0.05) is 6.07 Å². The highest BCUT2D eigenvalue weighted by Crippen LogP contribution is 2.26. The number of benzene rings is 2. The molecule has 0 saturated carbocycles. The number of carboxylic acids is 1. The summed E-state index contributed by atoms with van der Waals surface area (Å²) >= 11 is 0. The van der Waals surface area contributed by atoms with Gasteiger partial charge in [-0.25, -0.2) is 4.79 Å². The summed E-state index contributed by atoms with van der Waals surface area (Å²) in [6.07, 6.45) is 0. The predicted octanol–water partition coefficient (Wildman–Crippen LogP) is 4.43. The molecule has 0 aliphatic rings. The molecule has 0 bridgehead atoms. The summed E-state index contributed by atoms with van der Waals surface area (Å²) in [6.45, 7) is 3.77. The first-order chi connectivity index (χ1) is 13.9. The number of nitrogens with one attached hydrogen (secondary N) is 1. The Bertz CT molecular complexity index is 1040. The number of furan rings is 1. The lowest BCUT2D eigenvalue weighted by molar-refractivity contribution is 0.0660. The highest BCUT2D eigenvalue weighted by molar-refractivity contribution is 6.05. The normalized spacial score (nSPS) is 10.4. The van der Waals surface area contributed by atoms with E-state index >= 15 is 0 Å². The molecule has 1 amide bonds. The molecule has 29 heavy (non-hydrogen) atoms. The zero-order valence-corrected chi connectivity index (χ0v) is 16.3. The van der Waals surface area contributed by atoms with E-state index in [1.54, 1.807) is 44.4 Å². The van der Waals surface area contributed by atoms with Gasteiger partial charge >= 0.3 is 5.97 Å². The number of carbonyl (C=O) groups is 2. The molecular weight excluding hydrogens is 374 g/mol. The number of anilines is 1. The van der Waals surface area contributed by atoms with Crippen LogP contribution in [0.1, 0.15) is 37.8 Å². The van der Waals surface area contributed by atoms with E-state index in [2.05, 4.69) is 5.32 Å². The first-order valence-electron chi connectivity index (χ1n) is 8.89. The Morgan fingerprint density at radius 1 is 1.07 bits per heavy atom. The van der Waals surface area contributed by atoms with E-state index in [0.717, 1.165) is 5.56 Å². The second-order valence-electron chi connectivity index (χ2n) is 6.47. The van der Waals surface area contributed by atoms with Crippen molar-refractivity contribution in [2.75, 3.05) is 12.4 Å². The number of methoxy groups -OCH3 is 1. The summed E-state index contributed by atoms with van der Waals surface area (Å²) in [4.78, 5) is 23.5. The van der Waals surface area contributed by atoms with Gasteiger partial charge in [0.05, 0.1) is 12.8 Å². The average Bonchev–Trinajstić information content (AvgIpc) is 3.08. The lowest BCUT2D eigenvalue weighted by atomic mass is 10.1. The summed E-state index contributed by atoms with van der Waals surface area (Å²) in [6, 6.07) is 13.6. The Morgan fingerprint density at radius 3 is 2.41 bits per heavy atom. The smallest absolute Gasteiger partial charge is 0.371 e. The van der Waals surface area contributed by atoms with Crippen LogP contribution in [-0.2, 0) is 6.61 Å². The van der Waals surface area contributed by atoms with E-state index in [1.165, 1.54) is 6.07 Å². The molecule has 0 unspecified atom stereocenters. The van der Waals surface area contributed by atoms with E-state index in [0.29, 0.717) is 34.1 Å². The quantitative estimate of drug-likeness (QED) is 0.614. The number of hydrogen-bond acceptors (Lipinski definition) is 5. The molecule has 1 aromatic heterocycles. The van der Waals surface area contributed by atoms with Crippen LogP contribution in [0, 0.1) is 13.8 Å². The van der Waals surface area contributed by atoms with E-state index < -0.39 is 5.97 Å². The van der Waals surface area contributed by atoms with E-state index in [4.69, 9.17) is 19.0 Å². The first-order valence-corrected chi connectivity index (χ1v) is 8.89. The Labute approximate surface area is 167 Å². The average molecular weight is 395 g/mol. The van der Waals surface area contributed by atoms with E-state index in [-0.39, 0.29) is 18.3 Å². The SMILES string of the molecule is COc1ccc(C)cc1NC(=O)c1ccc(OCc2cc(C(=O)O)oc2C)cc1. The number of carboxylic acid groups (broad SMARTS) is 1. The molecule has 0 aliphatic carbocycles. The summed E-state index contributed by atoms with van der Waals surface area (Å²) in [5.74, 6) is 0.106. The molecule has 0 atom stereocenters. The van der Waals surface area contributed by atoms with Crippen molar-refractivity contribution in [2.24, 2.45) is 0 Å². The van der Waals surface area contributed by atoms with Crippen LogP contribution in [-0.4, -0.2) is 24.1 Å². The van der Waals surface area contributed by atoms with Crippen LogP contribution in [0.2, 0.25) is 0 Å². The second kappa shape index (κ2) is 8.52. The number of hydrogen-bond donors (Lipinski definition) is 2. The van der Waals surface area contributed by atoms with Gasteiger partial charge in [-0.15, -0.1) is 0 Å². The summed E-state index contributed by atoms with van der Waals surface area (Å²) < 4.78 is 16.1. The lowest BCUT2D eigenvalue weighted by Crippen LogP contribution is -2.12. The molecule has 0 radical (unpaired) electrons. The third-order valence-electron chi connectivity index (χ3n) is 4.35. The van der Waals surface area contributed by atoms with Crippen LogP contribution in [0.15, 0.2) is 52.9 Å². The molecule has 3 rings (SSSR count). The van der Waals surface area contributed by atoms with Crippen LogP contribution in [0.5, 0.6) is 11.5 Å². The molecule has 0 fully saturated rings. The Hall–Kier alpha value is -3.74. The summed E-state index contributed by atoms with van der Waals surface area (Å²) in [7, 11) is 1.55. The number of amides is 1. The van der Waals surface area contributed by atoms with Crippen molar-refractivity contribution < 1.29 is 28.6 Å². The van der Waals surface area contributed by atoms with Crippen LogP contribution in [0.4, 0.5) is 5.69 Å². The van der Waals surface area contributed by atoms with Crippen LogP contribution < -0.4 is 14.8 Å². The molecule has 2 N–H and O–H groups in total. The molecule has 7 nitrogen and oxygen atoms in total. The maximum atomic E-state index is 12.5. The standard InChI is InChI=1S/C22H21NO6/c1-13-4-9-19(27-3)18(10-13)23-21(24)15-5-7-17(8-6-15)28-12-16-11-20(22(25)26)29-14(16)2/h4-11H,12H2,1-3H3,(H,23,24)(H,25,26). The van der Waals surface area contributed by atoms with Crippen molar-refractivity contribution in [1.82, 2.24) is 0 Å². The fraction of sp³-hybridized carbons (Fsp3) is 0.182. The van der Waals surface area contributed by atoms with Crippen molar-refractivity contribution >= 4 is 17.6 Å². The van der Waals surface area contributed by atoms with Gasteiger partial charge in [-0.3, -0.25) is 4.79 Å². The summed E-state index contributed by atoms with van der Waals surface area (Å²) in [5.41, 5.74) is 2.72. The van der Waals surface area contributed by atoms with Crippen molar-refractivity contribution in [1.29, 1.82) is 0 Å². The molecule has 0 aliphatic heterocycles. The predicted molar refractivity (Wildman–Crippen MR) is 107 cm³/mol. The van der Waals surface area contributed by atoms with Crippen LogP contribution >= 0.6 is 0 Å². The highest BCUT2D eigenvalue weighted by Gasteiger charge is 2.14. The van der Waals surface area contributed by atoms with Gasteiger partial charge in [0, 0.05) is 11.1 Å². The number of aromatic carboxylic acids is 1. The molecular formula is C22H21NO6. The maximum absolute atomic E-state index is 12.5. The number of ether oxygens (including phenoxy) is 2. The van der Waals surface area contributed by atoms with Crippen molar-refractivity contribution in [3.8, 4) is 11.5 Å². The van der Waals surface area contributed by atoms with Crippen molar-refractivity contribution in [3.05, 3.63) is 76.7 Å². The van der Waals surface area contributed by atoms with E-state index in [9.17, 15) is 9.59 Å². The fourth-order valence-electron chi connectivity index (χ4n) is 2.75. The number of aryl methyl sites for hydroxylation is 2. The van der Waals surface area contributed by atoms with Gasteiger partial charge in [0.1, 0.15) is 23.9 Å². The highest BCUT2D eigenvalue weighted by atomic mass is 16.5. The van der Waals surface area contributed by atoms with Crippen molar-refractivity contribution in [2.45, 2.75) is 20.5 Å². The summed E-state index contributed by atoms with van der Waals surface area (Å²) in [5, 5.41) is 11.8. The lowest BCUT2D eigenvalue weighted by Gasteiger charge is -2.11. The number of carbonyl (C=O) groups excluding carboxylic acids is 1. The minimum absolute atomic E-state index is 0.125. The third kappa shape index (κ3) is 4.76. The molecule has 0 saturated heterocycles. The Balaban J connectivity index is 1.65. The molecule has 3 aromatic rings. The van der Waals surface area contributed by atoms with Gasteiger partial charge < -0.3 is 24.3 Å². The maximum Gasteiger partial charge on any atom is 0.371 e. The topological polar surface area (TPSA) is 98.0 Å². The second-order valence-corrected chi connectivity index (χ2v) is 6.47. The van der Waals surface area contributed by atoms with Gasteiger partial charge in [0.15, 0.2) is 0 Å². The zero-order valence-electron chi connectivity index (χ0n) is 16.3. The zero-order chi connectivity index (χ0) is 21.0. The van der Waals surface area contributed by atoms with Crippen molar-refractivity contribution in [3.63, 3.8) is 0 Å². The third-order valence-corrected chi connectivity index (χ3v) is 4.35. The van der Waals surface area contributed by atoms with Gasteiger partial charge in [-0.05, 0) is 61.9 Å². The largest absolute Gasteiger partial charge is 0.495 e. The monoisotopic (exact) mass is 395 g/mol.